The molecule has 4 rings (SSSR count). The van der Waals surface area contributed by atoms with Gasteiger partial charge in [0.2, 0.25) is 17.6 Å². The number of rotatable bonds is 6. The number of likely N-dealkylation sites (tertiary alicyclic amines) is 1. The van der Waals surface area contributed by atoms with Crippen molar-refractivity contribution >= 4 is 11.8 Å². The van der Waals surface area contributed by atoms with Crippen LogP contribution in [-0.4, -0.2) is 47.1 Å². The van der Waals surface area contributed by atoms with Gasteiger partial charge in [0.25, 0.3) is 5.91 Å². The number of carbonyl (C=O) groups is 2. The highest BCUT2D eigenvalue weighted by atomic mass is 16.5. The third-order valence-corrected chi connectivity index (χ3v) is 5.42. The maximum Gasteiger partial charge on any atom is 0.257 e. The van der Waals surface area contributed by atoms with E-state index in [0.29, 0.717) is 49.0 Å². The highest BCUT2D eigenvalue weighted by Crippen LogP contribution is 2.24. The van der Waals surface area contributed by atoms with Crippen molar-refractivity contribution in [1.29, 1.82) is 0 Å². The van der Waals surface area contributed by atoms with Crippen LogP contribution in [0.1, 0.15) is 42.1 Å². The molecule has 0 spiro atoms. The highest BCUT2D eigenvalue weighted by molar-refractivity contribution is 5.94. The number of amides is 2. The largest absolute Gasteiger partial charge is 0.497 e. The summed E-state index contributed by atoms with van der Waals surface area (Å²) in [6.45, 7) is 2.85. The molecule has 0 radical (unpaired) electrons. The Hall–Kier alpha value is -3.62. The summed E-state index contributed by atoms with van der Waals surface area (Å²) in [5, 5.41) is 6.96. The van der Waals surface area contributed by atoms with Crippen molar-refractivity contribution in [2.45, 2.75) is 25.8 Å². The summed E-state index contributed by atoms with van der Waals surface area (Å²) < 4.78 is 15.6. The maximum absolute atomic E-state index is 12.7. The van der Waals surface area contributed by atoms with E-state index >= 15 is 0 Å². The molecule has 0 aliphatic carbocycles. The summed E-state index contributed by atoms with van der Waals surface area (Å²) in [7, 11) is 1.59. The van der Waals surface area contributed by atoms with Crippen LogP contribution in [0.3, 0.4) is 0 Å². The van der Waals surface area contributed by atoms with E-state index in [1.807, 2.05) is 24.3 Å². The molecule has 1 aromatic carbocycles. The minimum absolute atomic E-state index is 0.0723. The predicted octanol–water partition coefficient (Wildman–Crippen LogP) is 3.07. The molecule has 1 fully saturated rings. The third-order valence-electron chi connectivity index (χ3n) is 5.42. The summed E-state index contributed by atoms with van der Waals surface area (Å²) >= 11 is 0. The van der Waals surface area contributed by atoms with E-state index in [1.165, 1.54) is 12.5 Å². The molecular formula is C22H24N4O5. The Kier molecular flexibility index (Phi) is 6.01. The molecule has 162 valence electrons. The van der Waals surface area contributed by atoms with Crippen molar-refractivity contribution in [2.75, 3.05) is 20.2 Å². The van der Waals surface area contributed by atoms with E-state index < -0.39 is 6.04 Å². The number of benzene rings is 1. The number of methoxy groups -OCH3 is 1. The van der Waals surface area contributed by atoms with Crippen molar-refractivity contribution < 1.29 is 23.3 Å². The number of nitrogens with zero attached hydrogens (tertiary/aromatic N) is 3. The number of nitrogens with one attached hydrogen (secondary N) is 1. The molecule has 2 amide bonds. The van der Waals surface area contributed by atoms with E-state index in [4.69, 9.17) is 13.7 Å². The van der Waals surface area contributed by atoms with Crippen LogP contribution >= 0.6 is 0 Å². The first-order valence-electron chi connectivity index (χ1n) is 10.1. The zero-order valence-electron chi connectivity index (χ0n) is 17.4. The second-order valence-corrected chi connectivity index (χ2v) is 7.50. The zero-order chi connectivity index (χ0) is 21.8. The highest BCUT2D eigenvalue weighted by Gasteiger charge is 2.29. The molecule has 1 aliphatic rings. The van der Waals surface area contributed by atoms with Crippen LogP contribution in [0, 0.1) is 5.92 Å². The lowest BCUT2D eigenvalue weighted by Gasteiger charge is -2.31. The Labute approximate surface area is 179 Å². The quantitative estimate of drug-likeness (QED) is 0.647. The molecule has 1 N–H and O–H groups in total. The van der Waals surface area contributed by atoms with Gasteiger partial charge in [-0.25, -0.2) is 0 Å². The average molecular weight is 424 g/mol. The number of furan rings is 1. The Morgan fingerprint density at radius 1 is 1.26 bits per heavy atom. The van der Waals surface area contributed by atoms with Crippen molar-refractivity contribution in [3.05, 3.63) is 54.3 Å². The van der Waals surface area contributed by atoms with Gasteiger partial charge in [-0.05, 0) is 38.0 Å². The van der Waals surface area contributed by atoms with Crippen LogP contribution in [0.2, 0.25) is 0 Å². The molecule has 0 unspecified atom stereocenters. The molecule has 3 heterocycles. The fourth-order valence-corrected chi connectivity index (χ4v) is 3.60. The molecule has 9 heteroatoms. The first kappa shape index (κ1) is 20.6. The van der Waals surface area contributed by atoms with Crippen LogP contribution in [0.5, 0.6) is 5.75 Å². The van der Waals surface area contributed by atoms with Gasteiger partial charge >= 0.3 is 0 Å². The van der Waals surface area contributed by atoms with Gasteiger partial charge in [0.1, 0.15) is 18.1 Å². The Morgan fingerprint density at radius 3 is 2.77 bits per heavy atom. The lowest BCUT2D eigenvalue weighted by molar-refractivity contribution is -0.127. The molecule has 0 saturated carbocycles. The van der Waals surface area contributed by atoms with Gasteiger partial charge in [0.15, 0.2) is 0 Å². The van der Waals surface area contributed by atoms with E-state index in [0.717, 1.165) is 5.56 Å². The van der Waals surface area contributed by atoms with Gasteiger partial charge in [-0.15, -0.1) is 0 Å². The summed E-state index contributed by atoms with van der Waals surface area (Å²) in [4.78, 5) is 31.3. The third kappa shape index (κ3) is 4.60. The summed E-state index contributed by atoms with van der Waals surface area (Å²) in [5.41, 5.74) is 1.29. The number of carbonyl (C=O) groups excluding carboxylic acids is 2. The Morgan fingerprint density at radius 2 is 2.06 bits per heavy atom. The topological polar surface area (TPSA) is 111 Å². The molecule has 1 aliphatic heterocycles. The van der Waals surface area contributed by atoms with Crippen LogP contribution in [0.25, 0.3) is 11.4 Å². The molecule has 9 nitrogen and oxygen atoms in total. The maximum atomic E-state index is 12.7. The van der Waals surface area contributed by atoms with Gasteiger partial charge in [0, 0.05) is 24.6 Å². The van der Waals surface area contributed by atoms with Crippen molar-refractivity contribution in [3.63, 3.8) is 0 Å². The summed E-state index contributed by atoms with van der Waals surface area (Å²) in [6.07, 6.45) is 4.11. The minimum Gasteiger partial charge on any atom is -0.497 e. The van der Waals surface area contributed by atoms with Gasteiger partial charge in [-0.2, -0.15) is 4.98 Å². The van der Waals surface area contributed by atoms with E-state index in [-0.39, 0.29) is 17.7 Å². The lowest BCUT2D eigenvalue weighted by Crippen LogP contribution is -2.43. The van der Waals surface area contributed by atoms with Crippen LogP contribution in [-0.2, 0) is 4.79 Å². The second-order valence-electron chi connectivity index (χ2n) is 7.50. The Balaban J connectivity index is 1.32. The number of hydrogen-bond donors (Lipinski definition) is 1. The fraction of sp³-hybridized carbons (Fsp3) is 0.364. The van der Waals surface area contributed by atoms with Crippen molar-refractivity contribution in [1.82, 2.24) is 20.4 Å². The van der Waals surface area contributed by atoms with E-state index in [1.54, 1.807) is 25.0 Å². The standard InChI is InChI=1S/C22H24N4O5/c1-14(21-24-19(25-31-21)16-4-3-5-18(12-16)29-2)23-20(27)15-6-9-26(10-7-15)22(28)17-8-11-30-13-17/h3-5,8,11-15H,6-7,9-10H2,1-2H3,(H,23,27)/t14-/m0/s1. The fourth-order valence-electron chi connectivity index (χ4n) is 3.60. The first-order valence-corrected chi connectivity index (χ1v) is 10.1. The van der Waals surface area contributed by atoms with Crippen molar-refractivity contribution in [2.24, 2.45) is 5.92 Å². The predicted molar refractivity (Wildman–Crippen MR) is 110 cm³/mol. The SMILES string of the molecule is COc1cccc(-c2noc([C@H](C)NC(=O)C3CCN(C(=O)c4ccoc4)CC3)n2)c1. The molecule has 1 saturated heterocycles. The molecule has 0 bridgehead atoms. The van der Waals surface area contributed by atoms with Gasteiger partial charge in [-0.3, -0.25) is 9.59 Å². The molecule has 31 heavy (non-hydrogen) atoms. The normalized spacial score (nSPS) is 15.5. The van der Waals surface area contributed by atoms with E-state index in [9.17, 15) is 9.59 Å². The Bertz CT molecular complexity index is 1040. The molecule has 3 aromatic rings. The number of piperidine rings is 1. The monoisotopic (exact) mass is 424 g/mol. The minimum atomic E-state index is -0.426. The number of hydrogen-bond acceptors (Lipinski definition) is 7. The van der Waals surface area contributed by atoms with Crippen LogP contribution in [0.15, 0.2) is 51.8 Å². The zero-order valence-corrected chi connectivity index (χ0v) is 17.4. The molecule has 2 aromatic heterocycles. The van der Waals surface area contributed by atoms with Gasteiger partial charge in [0.05, 0.1) is 18.9 Å². The molecular weight excluding hydrogens is 400 g/mol. The van der Waals surface area contributed by atoms with Crippen LogP contribution in [0.4, 0.5) is 0 Å². The summed E-state index contributed by atoms with van der Waals surface area (Å²) in [6, 6.07) is 8.58. The first-order chi connectivity index (χ1) is 15.0. The lowest BCUT2D eigenvalue weighted by atomic mass is 9.95. The van der Waals surface area contributed by atoms with Gasteiger partial charge < -0.3 is 23.9 Å². The van der Waals surface area contributed by atoms with E-state index in [2.05, 4.69) is 15.5 Å². The second kappa shape index (κ2) is 9.03. The van der Waals surface area contributed by atoms with Crippen LogP contribution < -0.4 is 10.1 Å². The smallest absolute Gasteiger partial charge is 0.257 e. The van der Waals surface area contributed by atoms with Gasteiger partial charge in [-0.1, -0.05) is 17.3 Å². The summed E-state index contributed by atoms with van der Waals surface area (Å²) in [5.74, 6) is 1.14. The molecule has 1 atom stereocenters. The average Bonchev–Trinajstić information content (AvgIpc) is 3.51. The number of ether oxygens (including phenoxy) is 1. The van der Waals surface area contributed by atoms with Crippen molar-refractivity contribution in [3.8, 4) is 17.1 Å². The number of aromatic nitrogens is 2.